The Kier molecular flexibility index (Phi) is 3.22. The normalized spacial score (nSPS) is 12.6. The highest BCUT2D eigenvalue weighted by Crippen LogP contribution is 2.46. The number of pyridine rings is 2. The Morgan fingerprint density at radius 2 is 1.65 bits per heavy atom. The van der Waals surface area contributed by atoms with Crippen LogP contribution >= 0.6 is 10.0 Å². The van der Waals surface area contributed by atoms with Crippen molar-refractivity contribution in [2.75, 3.05) is 18.8 Å². The maximum atomic E-state index is 4.84. The standard InChI is InChI=1S/C17H18N2S/c1-20(2,3)17-12-14(15-9-6-7-11-18-15)13-8-4-5-10-16(13)19-17/h4-12H,1-3H3. The number of hydrogen-bond donors (Lipinski definition) is 0. The Bertz CT molecular complexity index is 746. The van der Waals surface area contributed by atoms with Crippen LogP contribution in [0.2, 0.25) is 0 Å². The van der Waals surface area contributed by atoms with Gasteiger partial charge in [0.1, 0.15) is 0 Å². The lowest BCUT2D eigenvalue weighted by Gasteiger charge is -2.25. The van der Waals surface area contributed by atoms with Crippen molar-refractivity contribution in [3.63, 3.8) is 0 Å². The molecule has 0 atom stereocenters. The minimum Gasteiger partial charge on any atom is -0.256 e. The number of nitrogens with zero attached hydrogens (tertiary/aromatic N) is 2. The lowest BCUT2D eigenvalue weighted by molar-refractivity contribution is 1.17. The molecule has 0 fully saturated rings. The molecule has 0 aliphatic rings. The van der Waals surface area contributed by atoms with Gasteiger partial charge in [0.05, 0.1) is 16.2 Å². The average molecular weight is 282 g/mol. The second-order valence-corrected chi connectivity index (χ2v) is 9.67. The van der Waals surface area contributed by atoms with Gasteiger partial charge in [-0.15, -0.1) is 0 Å². The molecule has 0 N–H and O–H groups in total. The fourth-order valence-electron chi connectivity index (χ4n) is 2.20. The van der Waals surface area contributed by atoms with Gasteiger partial charge in [0, 0.05) is 17.1 Å². The van der Waals surface area contributed by atoms with Crippen LogP contribution in [0, 0.1) is 0 Å². The molecule has 0 spiro atoms. The first kappa shape index (κ1) is 13.1. The Hall–Kier alpha value is -1.87. The third-order valence-corrected chi connectivity index (χ3v) is 4.72. The highest BCUT2D eigenvalue weighted by atomic mass is 32.3. The molecule has 2 heterocycles. The van der Waals surface area contributed by atoms with Crippen LogP contribution in [0.25, 0.3) is 22.2 Å². The summed E-state index contributed by atoms with van der Waals surface area (Å²) in [7, 11) is -0.864. The lowest BCUT2D eigenvalue weighted by Crippen LogP contribution is -1.98. The first-order valence-corrected chi connectivity index (χ1v) is 9.41. The zero-order chi connectivity index (χ0) is 14.2. The van der Waals surface area contributed by atoms with E-state index >= 15 is 0 Å². The number of benzene rings is 1. The van der Waals surface area contributed by atoms with Gasteiger partial charge in [-0.25, -0.2) is 15.0 Å². The topological polar surface area (TPSA) is 25.8 Å². The van der Waals surface area contributed by atoms with E-state index in [4.69, 9.17) is 4.98 Å². The van der Waals surface area contributed by atoms with E-state index in [9.17, 15) is 0 Å². The number of rotatable bonds is 2. The molecule has 0 aliphatic carbocycles. The minimum absolute atomic E-state index is 0.864. The molecule has 2 nitrogen and oxygen atoms in total. The second-order valence-electron chi connectivity index (χ2n) is 5.58. The van der Waals surface area contributed by atoms with Crippen molar-refractivity contribution in [1.29, 1.82) is 0 Å². The van der Waals surface area contributed by atoms with Crippen molar-refractivity contribution in [2.45, 2.75) is 5.03 Å². The summed E-state index contributed by atoms with van der Waals surface area (Å²) < 4.78 is 0. The Labute approximate surface area is 121 Å². The van der Waals surface area contributed by atoms with E-state index in [1.165, 1.54) is 16.0 Å². The molecule has 102 valence electrons. The maximum Gasteiger partial charge on any atom is 0.0797 e. The fraction of sp³-hybridized carbons (Fsp3) is 0.176. The van der Waals surface area contributed by atoms with Crippen molar-refractivity contribution in [2.24, 2.45) is 0 Å². The number of para-hydroxylation sites is 1. The van der Waals surface area contributed by atoms with Crippen LogP contribution in [0.4, 0.5) is 0 Å². The van der Waals surface area contributed by atoms with Crippen molar-refractivity contribution < 1.29 is 0 Å². The van der Waals surface area contributed by atoms with E-state index in [0.29, 0.717) is 0 Å². The van der Waals surface area contributed by atoms with Gasteiger partial charge < -0.3 is 0 Å². The molecule has 0 saturated carbocycles. The predicted molar refractivity (Wildman–Crippen MR) is 88.6 cm³/mol. The highest BCUT2D eigenvalue weighted by Gasteiger charge is 2.14. The van der Waals surface area contributed by atoms with Gasteiger partial charge in [0.15, 0.2) is 0 Å². The van der Waals surface area contributed by atoms with Gasteiger partial charge in [-0.05, 0) is 43.0 Å². The molecule has 0 bridgehead atoms. The molecule has 0 aliphatic heterocycles. The van der Waals surface area contributed by atoms with Crippen LogP contribution in [0.15, 0.2) is 59.8 Å². The molecule has 3 rings (SSSR count). The first-order valence-electron chi connectivity index (χ1n) is 6.55. The van der Waals surface area contributed by atoms with Crippen LogP contribution < -0.4 is 0 Å². The van der Waals surface area contributed by atoms with Crippen molar-refractivity contribution in [1.82, 2.24) is 9.97 Å². The van der Waals surface area contributed by atoms with Gasteiger partial charge in [-0.1, -0.05) is 24.3 Å². The molecule has 0 unspecified atom stereocenters. The van der Waals surface area contributed by atoms with E-state index in [2.05, 4.69) is 54.1 Å². The van der Waals surface area contributed by atoms with Crippen LogP contribution in [0.5, 0.6) is 0 Å². The summed E-state index contributed by atoms with van der Waals surface area (Å²) in [5, 5.41) is 2.34. The molecule has 0 radical (unpaired) electrons. The SMILES string of the molecule is CS(C)(C)c1cc(-c2ccccn2)c2ccccc2n1. The number of aromatic nitrogens is 2. The average Bonchev–Trinajstić information content (AvgIpc) is 2.46. The summed E-state index contributed by atoms with van der Waals surface area (Å²) in [6.07, 6.45) is 8.65. The number of hydrogen-bond acceptors (Lipinski definition) is 2. The van der Waals surface area contributed by atoms with Crippen molar-refractivity contribution >= 4 is 20.9 Å². The van der Waals surface area contributed by atoms with Crippen LogP contribution in [-0.2, 0) is 0 Å². The monoisotopic (exact) mass is 282 g/mol. The van der Waals surface area contributed by atoms with E-state index in [1.807, 2.05) is 24.4 Å². The summed E-state index contributed by atoms with van der Waals surface area (Å²) in [5.74, 6) is 0. The van der Waals surface area contributed by atoms with Crippen molar-refractivity contribution in [3.8, 4) is 11.3 Å². The summed E-state index contributed by atoms with van der Waals surface area (Å²) in [6, 6.07) is 16.5. The summed E-state index contributed by atoms with van der Waals surface area (Å²) in [5.41, 5.74) is 3.23. The molecular formula is C17H18N2S. The van der Waals surface area contributed by atoms with Gasteiger partial charge >= 0.3 is 0 Å². The zero-order valence-electron chi connectivity index (χ0n) is 12.0. The Morgan fingerprint density at radius 1 is 0.900 bits per heavy atom. The Balaban J connectivity index is 2.34. The van der Waals surface area contributed by atoms with E-state index in [1.54, 1.807) is 0 Å². The smallest absolute Gasteiger partial charge is 0.0797 e. The molecule has 3 aromatic rings. The first-order chi connectivity index (χ1) is 9.55. The Morgan fingerprint density at radius 3 is 2.35 bits per heavy atom. The molecule has 20 heavy (non-hydrogen) atoms. The van der Waals surface area contributed by atoms with Gasteiger partial charge in [0.2, 0.25) is 0 Å². The maximum absolute atomic E-state index is 4.84. The lowest BCUT2D eigenvalue weighted by atomic mass is 10.1. The number of fused-ring (bicyclic) bond motifs is 1. The van der Waals surface area contributed by atoms with Crippen LogP contribution in [0.3, 0.4) is 0 Å². The molecule has 1 aromatic carbocycles. The van der Waals surface area contributed by atoms with Crippen LogP contribution in [0.1, 0.15) is 0 Å². The molecule has 3 heteroatoms. The third-order valence-electron chi connectivity index (χ3n) is 3.26. The second kappa shape index (κ2) is 4.91. The largest absolute Gasteiger partial charge is 0.256 e. The predicted octanol–water partition coefficient (Wildman–Crippen LogP) is 4.35. The molecule has 0 saturated heterocycles. The van der Waals surface area contributed by atoms with Gasteiger partial charge in [0.25, 0.3) is 0 Å². The third kappa shape index (κ3) is 2.41. The summed E-state index contributed by atoms with van der Waals surface area (Å²) in [6.45, 7) is 0. The van der Waals surface area contributed by atoms with Gasteiger partial charge in [-0.2, -0.15) is 0 Å². The zero-order valence-corrected chi connectivity index (χ0v) is 12.8. The molecule has 0 amide bonds. The fourth-order valence-corrected chi connectivity index (χ4v) is 3.04. The van der Waals surface area contributed by atoms with E-state index < -0.39 is 10.0 Å². The quantitative estimate of drug-likeness (QED) is 0.698. The van der Waals surface area contributed by atoms with Crippen LogP contribution in [-0.4, -0.2) is 28.7 Å². The van der Waals surface area contributed by atoms with Crippen molar-refractivity contribution in [3.05, 3.63) is 54.7 Å². The molecule has 2 aromatic heterocycles. The summed E-state index contributed by atoms with van der Waals surface area (Å²) in [4.78, 5) is 9.35. The van der Waals surface area contributed by atoms with E-state index in [-0.39, 0.29) is 0 Å². The minimum atomic E-state index is -0.864. The molecular weight excluding hydrogens is 264 g/mol. The van der Waals surface area contributed by atoms with E-state index in [0.717, 1.165) is 11.2 Å². The highest BCUT2D eigenvalue weighted by molar-refractivity contribution is 8.32. The summed E-state index contributed by atoms with van der Waals surface area (Å²) >= 11 is 0. The van der Waals surface area contributed by atoms with Gasteiger partial charge in [-0.3, -0.25) is 4.98 Å².